The third-order valence-corrected chi connectivity index (χ3v) is 4.53. The molecule has 0 aliphatic heterocycles. The van der Waals surface area contributed by atoms with Gasteiger partial charge in [0, 0.05) is 5.56 Å². The molecule has 3 rings (SSSR count). The molecular weight excluding hydrogens is 420 g/mol. The first-order chi connectivity index (χ1) is 15.0. The van der Waals surface area contributed by atoms with Crippen molar-refractivity contribution in [2.75, 3.05) is 14.2 Å². The normalized spacial score (nSPS) is 10.5. The molecule has 3 aromatic rings. The number of ether oxygens (including phenoxy) is 3. The van der Waals surface area contributed by atoms with E-state index in [1.54, 1.807) is 66.7 Å². The fraction of sp³-hybridized carbons (Fsp3) is 0.0870. The summed E-state index contributed by atoms with van der Waals surface area (Å²) in [4.78, 5) is 24.6. The molecule has 1 amide bonds. The molecule has 0 saturated heterocycles. The predicted molar refractivity (Wildman–Crippen MR) is 117 cm³/mol. The molecule has 0 bridgehead atoms. The van der Waals surface area contributed by atoms with Crippen molar-refractivity contribution < 1.29 is 23.8 Å². The average Bonchev–Trinajstić information content (AvgIpc) is 2.80. The van der Waals surface area contributed by atoms with Crippen LogP contribution in [-0.2, 0) is 0 Å². The van der Waals surface area contributed by atoms with E-state index in [4.69, 9.17) is 25.8 Å². The zero-order valence-corrected chi connectivity index (χ0v) is 17.6. The zero-order chi connectivity index (χ0) is 22.2. The molecule has 31 heavy (non-hydrogen) atoms. The van der Waals surface area contributed by atoms with Crippen LogP contribution in [0.1, 0.15) is 26.3 Å². The number of carbonyl (C=O) groups excluding carboxylic acids is 2. The van der Waals surface area contributed by atoms with Crippen molar-refractivity contribution >= 4 is 29.7 Å². The van der Waals surface area contributed by atoms with E-state index in [1.165, 1.54) is 20.4 Å². The van der Waals surface area contributed by atoms with Crippen LogP contribution in [0.5, 0.6) is 17.2 Å². The molecule has 0 heterocycles. The Balaban J connectivity index is 1.68. The Labute approximate surface area is 184 Å². The minimum atomic E-state index is -0.601. The number of rotatable bonds is 7. The second kappa shape index (κ2) is 10.3. The van der Waals surface area contributed by atoms with Crippen LogP contribution in [-0.4, -0.2) is 32.3 Å². The van der Waals surface area contributed by atoms with Crippen LogP contribution in [0.3, 0.4) is 0 Å². The smallest absolute Gasteiger partial charge is 0.345 e. The number of hydrogen-bond donors (Lipinski definition) is 1. The van der Waals surface area contributed by atoms with E-state index < -0.39 is 5.97 Å². The number of nitrogens with zero attached hydrogens (tertiary/aromatic N) is 1. The SMILES string of the molecule is COc1cccc(C(=O)N/N=C/c2ccc(OC(=O)c3ccccc3Cl)c(OC)c2)c1. The van der Waals surface area contributed by atoms with Gasteiger partial charge >= 0.3 is 5.97 Å². The summed E-state index contributed by atoms with van der Waals surface area (Å²) >= 11 is 6.04. The van der Waals surface area contributed by atoms with Crippen molar-refractivity contribution in [1.82, 2.24) is 5.43 Å². The molecule has 7 nitrogen and oxygen atoms in total. The number of esters is 1. The number of benzene rings is 3. The minimum Gasteiger partial charge on any atom is -0.497 e. The highest BCUT2D eigenvalue weighted by molar-refractivity contribution is 6.33. The van der Waals surface area contributed by atoms with Gasteiger partial charge in [-0.1, -0.05) is 29.8 Å². The maximum absolute atomic E-state index is 12.4. The molecule has 0 aromatic heterocycles. The lowest BCUT2D eigenvalue weighted by atomic mass is 10.2. The first kappa shape index (κ1) is 21.9. The van der Waals surface area contributed by atoms with E-state index in [0.29, 0.717) is 27.6 Å². The van der Waals surface area contributed by atoms with Crippen LogP contribution in [0.4, 0.5) is 0 Å². The molecule has 0 atom stereocenters. The summed E-state index contributed by atoms with van der Waals surface area (Å²) < 4.78 is 15.8. The first-order valence-electron chi connectivity index (χ1n) is 9.14. The Morgan fingerprint density at radius 2 is 1.74 bits per heavy atom. The van der Waals surface area contributed by atoms with Gasteiger partial charge in [0.15, 0.2) is 11.5 Å². The monoisotopic (exact) mass is 438 g/mol. The molecule has 0 aliphatic rings. The van der Waals surface area contributed by atoms with Gasteiger partial charge in [-0.2, -0.15) is 5.10 Å². The van der Waals surface area contributed by atoms with Gasteiger partial charge in [-0.3, -0.25) is 4.79 Å². The maximum Gasteiger partial charge on any atom is 0.345 e. The van der Waals surface area contributed by atoms with E-state index in [0.717, 1.165) is 0 Å². The van der Waals surface area contributed by atoms with Crippen LogP contribution in [0.15, 0.2) is 71.8 Å². The molecule has 0 aliphatic carbocycles. The Hall–Kier alpha value is -3.84. The lowest BCUT2D eigenvalue weighted by Crippen LogP contribution is -2.17. The van der Waals surface area contributed by atoms with Gasteiger partial charge in [-0.05, 0) is 54.1 Å². The molecule has 8 heteroatoms. The number of methoxy groups -OCH3 is 2. The average molecular weight is 439 g/mol. The highest BCUT2D eigenvalue weighted by atomic mass is 35.5. The van der Waals surface area contributed by atoms with E-state index in [2.05, 4.69) is 10.5 Å². The van der Waals surface area contributed by atoms with E-state index in [9.17, 15) is 9.59 Å². The van der Waals surface area contributed by atoms with Gasteiger partial charge in [0.2, 0.25) is 0 Å². The maximum atomic E-state index is 12.4. The Morgan fingerprint density at radius 1 is 0.935 bits per heavy atom. The Morgan fingerprint density at radius 3 is 2.48 bits per heavy atom. The highest BCUT2D eigenvalue weighted by Gasteiger charge is 2.15. The van der Waals surface area contributed by atoms with Gasteiger partial charge in [0.25, 0.3) is 5.91 Å². The molecule has 1 N–H and O–H groups in total. The molecule has 0 unspecified atom stereocenters. The molecular formula is C23H19ClN2O5. The number of nitrogens with one attached hydrogen (secondary N) is 1. The van der Waals surface area contributed by atoms with Crippen LogP contribution < -0.4 is 19.6 Å². The van der Waals surface area contributed by atoms with Crippen molar-refractivity contribution in [3.05, 3.63) is 88.4 Å². The largest absolute Gasteiger partial charge is 0.497 e. The molecule has 0 saturated carbocycles. The molecule has 0 fully saturated rings. The van der Waals surface area contributed by atoms with Crippen LogP contribution in [0.2, 0.25) is 5.02 Å². The van der Waals surface area contributed by atoms with Crippen LogP contribution in [0.25, 0.3) is 0 Å². The van der Waals surface area contributed by atoms with Crippen LogP contribution >= 0.6 is 11.6 Å². The van der Waals surface area contributed by atoms with E-state index in [-0.39, 0.29) is 17.2 Å². The summed E-state index contributed by atoms with van der Waals surface area (Å²) in [6, 6.07) is 18.2. The summed E-state index contributed by atoms with van der Waals surface area (Å²) in [5.41, 5.74) is 3.73. The number of halogens is 1. The second-order valence-electron chi connectivity index (χ2n) is 6.21. The van der Waals surface area contributed by atoms with Gasteiger partial charge in [-0.25, -0.2) is 10.2 Å². The van der Waals surface area contributed by atoms with Crippen molar-refractivity contribution in [3.63, 3.8) is 0 Å². The van der Waals surface area contributed by atoms with Gasteiger partial charge in [0.05, 0.1) is 31.0 Å². The fourth-order valence-corrected chi connectivity index (χ4v) is 2.84. The molecule has 158 valence electrons. The number of carbonyl (C=O) groups is 2. The Kier molecular flexibility index (Phi) is 7.24. The summed E-state index contributed by atoms with van der Waals surface area (Å²) in [7, 11) is 2.98. The minimum absolute atomic E-state index is 0.227. The zero-order valence-electron chi connectivity index (χ0n) is 16.8. The lowest BCUT2D eigenvalue weighted by molar-refractivity contribution is 0.0729. The standard InChI is InChI=1S/C23H19ClN2O5/c1-29-17-7-5-6-16(13-17)22(27)26-25-14-15-10-11-20(21(12-15)30-2)31-23(28)18-8-3-4-9-19(18)24/h3-14H,1-2H3,(H,26,27)/b25-14+. The predicted octanol–water partition coefficient (Wildman–Crippen LogP) is 4.34. The Bertz CT molecular complexity index is 1130. The van der Waals surface area contributed by atoms with E-state index in [1.807, 2.05) is 0 Å². The van der Waals surface area contributed by atoms with E-state index >= 15 is 0 Å². The lowest BCUT2D eigenvalue weighted by Gasteiger charge is -2.10. The third kappa shape index (κ3) is 5.61. The van der Waals surface area contributed by atoms with Crippen LogP contribution in [0, 0.1) is 0 Å². The van der Waals surface area contributed by atoms with Crippen molar-refractivity contribution in [3.8, 4) is 17.2 Å². The quantitative estimate of drug-likeness (QED) is 0.256. The summed E-state index contributed by atoms with van der Waals surface area (Å²) in [5.74, 6) is 0.139. The summed E-state index contributed by atoms with van der Waals surface area (Å²) in [5, 5.41) is 4.25. The topological polar surface area (TPSA) is 86.2 Å². The van der Waals surface area contributed by atoms with Gasteiger partial charge < -0.3 is 14.2 Å². The van der Waals surface area contributed by atoms with Crippen molar-refractivity contribution in [2.24, 2.45) is 5.10 Å². The molecule has 0 spiro atoms. The van der Waals surface area contributed by atoms with Crippen molar-refractivity contribution in [2.45, 2.75) is 0 Å². The third-order valence-electron chi connectivity index (χ3n) is 4.20. The highest BCUT2D eigenvalue weighted by Crippen LogP contribution is 2.29. The second-order valence-corrected chi connectivity index (χ2v) is 6.62. The van der Waals surface area contributed by atoms with Crippen molar-refractivity contribution in [1.29, 1.82) is 0 Å². The fourth-order valence-electron chi connectivity index (χ4n) is 2.62. The summed E-state index contributed by atoms with van der Waals surface area (Å²) in [6.45, 7) is 0. The number of hydrogen-bond acceptors (Lipinski definition) is 6. The number of amides is 1. The summed E-state index contributed by atoms with van der Waals surface area (Å²) in [6.07, 6.45) is 1.44. The van der Waals surface area contributed by atoms with Gasteiger partial charge in [0.1, 0.15) is 5.75 Å². The molecule has 0 radical (unpaired) electrons. The van der Waals surface area contributed by atoms with Gasteiger partial charge in [-0.15, -0.1) is 0 Å². The first-order valence-corrected chi connectivity index (χ1v) is 9.52. The number of hydrazone groups is 1. The molecule has 3 aromatic carbocycles.